The number of nitrogens with one attached hydrogen (secondary N) is 1. The third-order valence-corrected chi connectivity index (χ3v) is 4.67. The van der Waals surface area contributed by atoms with E-state index in [4.69, 9.17) is 0 Å². The van der Waals surface area contributed by atoms with Crippen LogP contribution in [0.1, 0.15) is 12.0 Å². The van der Waals surface area contributed by atoms with E-state index in [-0.39, 0.29) is 29.8 Å². The molecule has 18 heavy (non-hydrogen) atoms. The van der Waals surface area contributed by atoms with Gasteiger partial charge in [-0.3, -0.25) is 9.48 Å². The van der Waals surface area contributed by atoms with E-state index in [9.17, 15) is 13.2 Å². The molecule has 1 unspecified atom stereocenters. The average molecular weight is 271 g/mol. The molecule has 2 rings (SSSR count). The summed E-state index contributed by atoms with van der Waals surface area (Å²) in [6, 6.07) is -0.243. The number of nitrogens with zero attached hydrogens (tertiary/aromatic N) is 2. The first-order chi connectivity index (χ1) is 8.44. The van der Waals surface area contributed by atoms with Gasteiger partial charge < -0.3 is 5.32 Å². The standard InChI is InChI=1S/C11H17N3O3S/c1-14-7-9(6-13-14)4-11(15)5-10-8-18(16,17)3-2-12-10/h6-7,10,12H,2-5,8H2,1H3. The van der Waals surface area contributed by atoms with Gasteiger partial charge in [-0.1, -0.05) is 0 Å². The summed E-state index contributed by atoms with van der Waals surface area (Å²) in [6.45, 7) is 0.438. The van der Waals surface area contributed by atoms with Gasteiger partial charge in [0.25, 0.3) is 0 Å². The molecule has 0 amide bonds. The maximum Gasteiger partial charge on any atom is 0.153 e. The fourth-order valence-electron chi connectivity index (χ4n) is 2.14. The molecule has 1 atom stereocenters. The van der Waals surface area contributed by atoms with E-state index in [1.54, 1.807) is 24.1 Å². The summed E-state index contributed by atoms with van der Waals surface area (Å²) in [5.74, 6) is 0.268. The molecule has 0 radical (unpaired) electrons. The summed E-state index contributed by atoms with van der Waals surface area (Å²) >= 11 is 0. The van der Waals surface area contributed by atoms with Gasteiger partial charge in [0.05, 0.1) is 17.7 Å². The number of rotatable bonds is 4. The van der Waals surface area contributed by atoms with E-state index < -0.39 is 9.84 Å². The molecular formula is C11H17N3O3S. The molecule has 1 aliphatic heterocycles. The Morgan fingerprint density at radius 3 is 3.00 bits per heavy atom. The Kier molecular flexibility index (Phi) is 3.82. The Bertz CT molecular complexity index is 535. The van der Waals surface area contributed by atoms with Crippen LogP contribution in [0.4, 0.5) is 0 Å². The largest absolute Gasteiger partial charge is 0.312 e. The molecule has 0 spiro atoms. The van der Waals surface area contributed by atoms with Gasteiger partial charge in [0.15, 0.2) is 9.84 Å². The average Bonchev–Trinajstić information content (AvgIpc) is 2.62. The molecule has 1 aromatic rings. The van der Waals surface area contributed by atoms with Crippen molar-refractivity contribution in [2.75, 3.05) is 18.1 Å². The number of hydrogen-bond acceptors (Lipinski definition) is 5. The molecule has 0 aliphatic carbocycles. The number of hydrogen-bond donors (Lipinski definition) is 1. The molecular weight excluding hydrogens is 254 g/mol. The highest BCUT2D eigenvalue weighted by molar-refractivity contribution is 7.91. The van der Waals surface area contributed by atoms with Crippen LogP contribution in [0.2, 0.25) is 0 Å². The quantitative estimate of drug-likeness (QED) is 0.784. The zero-order valence-corrected chi connectivity index (χ0v) is 11.1. The number of carbonyl (C=O) groups excluding carboxylic acids is 1. The number of aryl methyl sites for hydroxylation is 1. The van der Waals surface area contributed by atoms with Gasteiger partial charge in [0, 0.05) is 38.7 Å². The third kappa shape index (κ3) is 3.64. The van der Waals surface area contributed by atoms with Crippen LogP contribution >= 0.6 is 0 Å². The van der Waals surface area contributed by atoms with Crippen molar-refractivity contribution in [3.05, 3.63) is 18.0 Å². The molecule has 1 aliphatic rings. The van der Waals surface area contributed by atoms with Crippen LogP contribution in [0.5, 0.6) is 0 Å². The van der Waals surface area contributed by atoms with Gasteiger partial charge in [-0.15, -0.1) is 0 Å². The molecule has 6 nitrogen and oxygen atoms in total. The normalized spacial score (nSPS) is 22.8. The van der Waals surface area contributed by atoms with Crippen molar-refractivity contribution in [3.63, 3.8) is 0 Å². The zero-order valence-electron chi connectivity index (χ0n) is 10.3. The van der Waals surface area contributed by atoms with Crippen molar-refractivity contribution in [1.29, 1.82) is 0 Å². The van der Waals surface area contributed by atoms with Crippen molar-refractivity contribution in [1.82, 2.24) is 15.1 Å². The molecule has 2 heterocycles. The van der Waals surface area contributed by atoms with Gasteiger partial charge in [-0.2, -0.15) is 5.10 Å². The number of ketones is 1. The topological polar surface area (TPSA) is 81.1 Å². The maximum atomic E-state index is 11.8. The first kappa shape index (κ1) is 13.2. The first-order valence-corrected chi connectivity index (χ1v) is 7.70. The van der Waals surface area contributed by atoms with E-state index in [1.807, 2.05) is 0 Å². The van der Waals surface area contributed by atoms with Gasteiger partial charge >= 0.3 is 0 Å². The first-order valence-electron chi connectivity index (χ1n) is 5.88. The van der Waals surface area contributed by atoms with Crippen LogP contribution in [-0.4, -0.2) is 48.1 Å². The minimum atomic E-state index is -2.98. The highest BCUT2D eigenvalue weighted by Crippen LogP contribution is 2.08. The zero-order chi connectivity index (χ0) is 13.2. The van der Waals surface area contributed by atoms with Crippen LogP contribution in [-0.2, 0) is 28.1 Å². The van der Waals surface area contributed by atoms with Gasteiger partial charge in [-0.25, -0.2) is 8.42 Å². The summed E-state index contributed by atoms with van der Waals surface area (Å²) in [5, 5.41) is 7.07. The van der Waals surface area contributed by atoms with E-state index in [2.05, 4.69) is 10.4 Å². The number of Topliss-reactive ketones (excluding diaryl/α,β-unsaturated/α-hetero) is 1. The Morgan fingerprint density at radius 2 is 2.39 bits per heavy atom. The lowest BCUT2D eigenvalue weighted by Crippen LogP contribution is -2.46. The lowest BCUT2D eigenvalue weighted by atomic mass is 10.1. The highest BCUT2D eigenvalue weighted by Gasteiger charge is 2.25. The monoisotopic (exact) mass is 271 g/mol. The van der Waals surface area contributed by atoms with Gasteiger partial charge in [0.2, 0.25) is 0 Å². The van der Waals surface area contributed by atoms with Crippen LogP contribution in [0.25, 0.3) is 0 Å². The molecule has 0 bridgehead atoms. The van der Waals surface area contributed by atoms with Gasteiger partial charge in [-0.05, 0) is 5.56 Å². The lowest BCUT2D eigenvalue weighted by molar-refractivity contribution is -0.118. The summed E-state index contributed by atoms with van der Waals surface area (Å²) < 4.78 is 24.5. The molecule has 0 saturated carbocycles. The maximum absolute atomic E-state index is 11.8. The predicted octanol–water partition coefficient (Wildman–Crippen LogP) is -0.692. The molecule has 100 valence electrons. The van der Waals surface area contributed by atoms with Crippen molar-refractivity contribution in [2.24, 2.45) is 7.05 Å². The second kappa shape index (κ2) is 5.19. The van der Waals surface area contributed by atoms with E-state index in [0.29, 0.717) is 13.0 Å². The third-order valence-electron chi connectivity index (χ3n) is 2.93. The van der Waals surface area contributed by atoms with E-state index in [0.717, 1.165) is 5.56 Å². The second-order valence-corrected chi connectivity index (χ2v) is 6.94. The highest BCUT2D eigenvalue weighted by atomic mass is 32.2. The SMILES string of the molecule is Cn1cc(CC(=O)CC2CS(=O)(=O)CCN2)cn1. The summed E-state index contributed by atoms with van der Waals surface area (Å²) in [6.07, 6.45) is 4.02. The smallest absolute Gasteiger partial charge is 0.153 e. The molecule has 0 aromatic carbocycles. The Labute approximate surface area is 106 Å². The Balaban J connectivity index is 1.88. The molecule has 1 N–H and O–H groups in total. The Morgan fingerprint density at radius 1 is 1.61 bits per heavy atom. The fraction of sp³-hybridized carbons (Fsp3) is 0.636. The van der Waals surface area contributed by atoms with Crippen LogP contribution in [0.15, 0.2) is 12.4 Å². The van der Waals surface area contributed by atoms with Gasteiger partial charge in [0.1, 0.15) is 5.78 Å². The van der Waals surface area contributed by atoms with Crippen LogP contribution in [0.3, 0.4) is 0 Å². The van der Waals surface area contributed by atoms with Crippen molar-refractivity contribution < 1.29 is 13.2 Å². The predicted molar refractivity (Wildman–Crippen MR) is 67.0 cm³/mol. The van der Waals surface area contributed by atoms with Crippen LogP contribution in [0, 0.1) is 0 Å². The number of aromatic nitrogens is 2. The Hall–Kier alpha value is -1.21. The van der Waals surface area contributed by atoms with Crippen molar-refractivity contribution in [3.8, 4) is 0 Å². The lowest BCUT2D eigenvalue weighted by Gasteiger charge is -2.22. The summed E-state index contributed by atoms with van der Waals surface area (Å²) in [5.41, 5.74) is 0.862. The summed E-state index contributed by atoms with van der Waals surface area (Å²) in [4.78, 5) is 11.8. The molecule has 1 saturated heterocycles. The second-order valence-electron chi connectivity index (χ2n) is 4.71. The number of carbonyl (C=O) groups is 1. The minimum absolute atomic E-state index is 0.0394. The summed E-state index contributed by atoms with van der Waals surface area (Å²) in [7, 11) is -1.18. The minimum Gasteiger partial charge on any atom is -0.312 e. The van der Waals surface area contributed by atoms with Crippen molar-refractivity contribution in [2.45, 2.75) is 18.9 Å². The van der Waals surface area contributed by atoms with E-state index >= 15 is 0 Å². The van der Waals surface area contributed by atoms with E-state index in [1.165, 1.54) is 0 Å². The van der Waals surface area contributed by atoms with Crippen LogP contribution < -0.4 is 5.32 Å². The molecule has 1 fully saturated rings. The molecule has 7 heteroatoms. The fourth-order valence-corrected chi connectivity index (χ4v) is 3.58. The number of sulfone groups is 1. The van der Waals surface area contributed by atoms with Crippen molar-refractivity contribution >= 4 is 15.6 Å². The molecule has 1 aromatic heterocycles.